The number of aliphatic carboxylic acids is 1. The summed E-state index contributed by atoms with van der Waals surface area (Å²) >= 11 is 0. The summed E-state index contributed by atoms with van der Waals surface area (Å²) in [7, 11) is 1.83. The van der Waals surface area contributed by atoms with Crippen molar-refractivity contribution >= 4 is 5.97 Å². The van der Waals surface area contributed by atoms with E-state index in [0.717, 1.165) is 18.4 Å². The first-order chi connectivity index (χ1) is 8.61. The predicted molar refractivity (Wildman–Crippen MR) is 66.8 cm³/mol. The molecule has 1 aliphatic rings. The van der Waals surface area contributed by atoms with Crippen LogP contribution in [0.1, 0.15) is 24.0 Å². The lowest BCUT2D eigenvalue weighted by molar-refractivity contribution is -0.143. The fourth-order valence-corrected chi connectivity index (χ4v) is 2.29. The van der Waals surface area contributed by atoms with Gasteiger partial charge in [0.2, 0.25) is 0 Å². The van der Waals surface area contributed by atoms with E-state index in [1.165, 1.54) is 0 Å². The second kappa shape index (κ2) is 5.19. The molecule has 4 nitrogen and oxygen atoms in total. The molecule has 1 unspecified atom stereocenters. The van der Waals surface area contributed by atoms with Crippen molar-refractivity contribution in [2.24, 2.45) is 5.92 Å². The summed E-state index contributed by atoms with van der Waals surface area (Å²) < 4.78 is 0. The SMILES string of the molecule is CN(Cc1cccc(C#N)c1)C(C(=O)O)C1CC1. The highest BCUT2D eigenvalue weighted by molar-refractivity contribution is 5.74. The lowest BCUT2D eigenvalue weighted by atomic mass is 10.1. The molecule has 0 spiro atoms. The van der Waals surface area contributed by atoms with E-state index < -0.39 is 12.0 Å². The first kappa shape index (κ1) is 12.6. The van der Waals surface area contributed by atoms with Gasteiger partial charge in [-0.25, -0.2) is 0 Å². The quantitative estimate of drug-likeness (QED) is 0.858. The van der Waals surface area contributed by atoms with Crippen LogP contribution in [0.4, 0.5) is 0 Å². The third-order valence-corrected chi connectivity index (χ3v) is 3.28. The van der Waals surface area contributed by atoms with Gasteiger partial charge in [0.05, 0.1) is 11.6 Å². The monoisotopic (exact) mass is 244 g/mol. The van der Waals surface area contributed by atoms with Crippen molar-refractivity contribution < 1.29 is 9.90 Å². The van der Waals surface area contributed by atoms with E-state index >= 15 is 0 Å². The number of likely N-dealkylation sites (N-methyl/N-ethyl adjacent to an activating group) is 1. The molecule has 1 aromatic carbocycles. The van der Waals surface area contributed by atoms with Crippen LogP contribution in [0.15, 0.2) is 24.3 Å². The van der Waals surface area contributed by atoms with Crippen LogP contribution in [-0.4, -0.2) is 29.1 Å². The number of nitriles is 1. The number of rotatable bonds is 5. The second-order valence-electron chi connectivity index (χ2n) is 4.85. The molecule has 0 aliphatic heterocycles. The van der Waals surface area contributed by atoms with E-state index in [0.29, 0.717) is 12.1 Å². The average molecular weight is 244 g/mol. The molecular formula is C14H16N2O2. The molecule has 1 aromatic rings. The fourth-order valence-electron chi connectivity index (χ4n) is 2.29. The number of hydrogen-bond donors (Lipinski definition) is 1. The Hall–Kier alpha value is -1.86. The van der Waals surface area contributed by atoms with Gasteiger partial charge in [-0.2, -0.15) is 5.26 Å². The minimum absolute atomic E-state index is 0.284. The van der Waals surface area contributed by atoms with E-state index in [9.17, 15) is 9.90 Å². The Morgan fingerprint density at radius 1 is 1.61 bits per heavy atom. The van der Waals surface area contributed by atoms with Crippen LogP contribution in [0.5, 0.6) is 0 Å². The van der Waals surface area contributed by atoms with E-state index in [4.69, 9.17) is 5.26 Å². The van der Waals surface area contributed by atoms with E-state index in [-0.39, 0.29) is 5.92 Å². The third kappa shape index (κ3) is 2.88. The highest BCUT2D eigenvalue weighted by Crippen LogP contribution is 2.35. The number of carbonyl (C=O) groups is 1. The average Bonchev–Trinajstić information content (AvgIpc) is 3.13. The lowest BCUT2D eigenvalue weighted by Gasteiger charge is -2.24. The van der Waals surface area contributed by atoms with Gasteiger partial charge in [0.1, 0.15) is 6.04 Å². The predicted octanol–water partition coefficient (Wildman–Crippen LogP) is 1.85. The molecule has 0 radical (unpaired) electrons. The van der Waals surface area contributed by atoms with Crippen molar-refractivity contribution in [2.75, 3.05) is 7.05 Å². The Morgan fingerprint density at radius 3 is 2.89 bits per heavy atom. The van der Waals surface area contributed by atoms with Crippen molar-refractivity contribution in [2.45, 2.75) is 25.4 Å². The number of carboxylic acid groups (broad SMARTS) is 1. The second-order valence-corrected chi connectivity index (χ2v) is 4.85. The van der Waals surface area contributed by atoms with Gasteiger partial charge < -0.3 is 5.11 Å². The van der Waals surface area contributed by atoms with E-state index in [1.807, 2.05) is 30.1 Å². The Bertz CT molecular complexity index is 489. The van der Waals surface area contributed by atoms with E-state index in [2.05, 4.69) is 6.07 Å². The number of nitrogens with zero attached hydrogens (tertiary/aromatic N) is 2. The lowest BCUT2D eigenvalue weighted by Crippen LogP contribution is -2.39. The summed E-state index contributed by atoms with van der Waals surface area (Å²) in [6, 6.07) is 8.99. The zero-order valence-corrected chi connectivity index (χ0v) is 10.3. The zero-order valence-electron chi connectivity index (χ0n) is 10.3. The van der Waals surface area contributed by atoms with Gasteiger partial charge in [0.15, 0.2) is 0 Å². The highest BCUT2D eigenvalue weighted by atomic mass is 16.4. The van der Waals surface area contributed by atoms with Crippen LogP contribution in [0.25, 0.3) is 0 Å². The van der Waals surface area contributed by atoms with Gasteiger partial charge in [0.25, 0.3) is 0 Å². The van der Waals surface area contributed by atoms with Crippen LogP contribution < -0.4 is 0 Å². The molecule has 1 fully saturated rings. The van der Waals surface area contributed by atoms with Crippen LogP contribution in [0.3, 0.4) is 0 Å². The van der Waals surface area contributed by atoms with Crippen molar-refractivity contribution in [1.82, 2.24) is 4.90 Å². The van der Waals surface area contributed by atoms with Crippen LogP contribution in [-0.2, 0) is 11.3 Å². The number of carboxylic acids is 1. The molecular weight excluding hydrogens is 228 g/mol. The summed E-state index contributed by atoms with van der Waals surface area (Å²) in [5, 5.41) is 18.1. The molecule has 1 aliphatic carbocycles. The molecule has 94 valence electrons. The van der Waals surface area contributed by atoms with Gasteiger partial charge in [-0.1, -0.05) is 12.1 Å². The maximum absolute atomic E-state index is 11.2. The van der Waals surface area contributed by atoms with Crippen molar-refractivity contribution in [1.29, 1.82) is 5.26 Å². The number of hydrogen-bond acceptors (Lipinski definition) is 3. The van der Waals surface area contributed by atoms with Gasteiger partial charge in [-0.05, 0) is 43.5 Å². The Morgan fingerprint density at radius 2 is 2.33 bits per heavy atom. The minimum atomic E-state index is -0.753. The first-order valence-electron chi connectivity index (χ1n) is 6.04. The summed E-state index contributed by atoms with van der Waals surface area (Å²) in [5.41, 5.74) is 1.59. The smallest absolute Gasteiger partial charge is 0.321 e. The molecule has 4 heteroatoms. The van der Waals surface area contributed by atoms with Crippen molar-refractivity contribution in [3.05, 3.63) is 35.4 Å². The molecule has 18 heavy (non-hydrogen) atoms. The van der Waals surface area contributed by atoms with Gasteiger partial charge in [-0.15, -0.1) is 0 Å². The molecule has 0 bridgehead atoms. The summed E-state index contributed by atoms with van der Waals surface area (Å²) in [5.74, 6) is -0.469. The molecule has 0 saturated heterocycles. The molecule has 0 amide bonds. The largest absolute Gasteiger partial charge is 0.480 e. The molecule has 0 heterocycles. The van der Waals surface area contributed by atoms with Gasteiger partial charge >= 0.3 is 5.97 Å². The van der Waals surface area contributed by atoms with Crippen molar-refractivity contribution in [3.8, 4) is 6.07 Å². The van der Waals surface area contributed by atoms with E-state index in [1.54, 1.807) is 6.07 Å². The van der Waals surface area contributed by atoms with Crippen LogP contribution in [0.2, 0.25) is 0 Å². The molecule has 1 saturated carbocycles. The zero-order chi connectivity index (χ0) is 13.1. The summed E-state index contributed by atoms with van der Waals surface area (Å²) in [6.07, 6.45) is 2.00. The maximum atomic E-state index is 11.2. The van der Waals surface area contributed by atoms with Gasteiger partial charge in [-0.3, -0.25) is 9.69 Å². The molecule has 2 rings (SSSR count). The summed E-state index contributed by atoms with van der Waals surface area (Å²) in [4.78, 5) is 13.1. The van der Waals surface area contributed by atoms with Crippen LogP contribution >= 0.6 is 0 Å². The Balaban J connectivity index is 2.07. The topological polar surface area (TPSA) is 64.3 Å². The molecule has 1 N–H and O–H groups in total. The first-order valence-corrected chi connectivity index (χ1v) is 6.04. The fraction of sp³-hybridized carbons (Fsp3) is 0.429. The highest BCUT2D eigenvalue weighted by Gasteiger charge is 2.38. The number of benzene rings is 1. The molecule has 1 atom stereocenters. The normalized spacial score (nSPS) is 16.3. The minimum Gasteiger partial charge on any atom is -0.480 e. The standard InChI is InChI=1S/C14H16N2O2/c1-16(13(14(17)18)12-5-6-12)9-11-4-2-3-10(7-11)8-15/h2-4,7,12-13H,5-6,9H2,1H3,(H,17,18). The Kier molecular flexibility index (Phi) is 3.63. The third-order valence-electron chi connectivity index (χ3n) is 3.28. The maximum Gasteiger partial charge on any atom is 0.321 e. The van der Waals surface area contributed by atoms with Crippen molar-refractivity contribution in [3.63, 3.8) is 0 Å². The van der Waals surface area contributed by atoms with Gasteiger partial charge in [0, 0.05) is 6.54 Å². The molecule has 0 aromatic heterocycles. The summed E-state index contributed by atoms with van der Waals surface area (Å²) in [6.45, 7) is 0.559. The Labute approximate surface area is 106 Å². The van der Waals surface area contributed by atoms with Crippen LogP contribution in [0, 0.1) is 17.2 Å².